The second-order valence-corrected chi connectivity index (χ2v) is 5.72. The van der Waals surface area contributed by atoms with Gasteiger partial charge < -0.3 is 9.47 Å². The molecular formula is C20H17NO2. The van der Waals surface area contributed by atoms with Crippen LogP contribution in [0.1, 0.15) is 28.7 Å². The second-order valence-electron chi connectivity index (χ2n) is 5.72. The topological polar surface area (TPSA) is 31.4 Å². The first-order valence-electron chi connectivity index (χ1n) is 7.62. The Morgan fingerprint density at radius 1 is 1.04 bits per heavy atom. The molecule has 1 aliphatic rings. The third-order valence-corrected chi connectivity index (χ3v) is 4.06. The Hall–Kier alpha value is -2.65. The highest BCUT2D eigenvalue weighted by Crippen LogP contribution is 2.36. The first-order chi connectivity index (χ1) is 11.2. The summed E-state index contributed by atoms with van der Waals surface area (Å²) in [6, 6.07) is 18.4. The summed E-state index contributed by atoms with van der Waals surface area (Å²) in [7, 11) is 1.66. The molecule has 1 aromatic heterocycles. The maximum atomic E-state index is 6.03. The lowest BCUT2D eigenvalue weighted by atomic mass is 10.0. The van der Waals surface area contributed by atoms with Crippen LogP contribution >= 0.6 is 0 Å². The lowest BCUT2D eigenvalue weighted by Gasteiger charge is -2.26. The summed E-state index contributed by atoms with van der Waals surface area (Å²) in [4.78, 5) is 4.79. The van der Waals surface area contributed by atoms with Crippen LogP contribution in [-0.2, 0) is 9.47 Å². The number of ether oxygens (including phenoxy) is 2. The van der Waals surface area contributed by atoms with Gasteiger partial charge in [-0.25, -0.2) is 4.98 Å². The summed E-state index contributed by atoms with van der Waals surface area (Å²) in [5.41, 5.74) is 5.08. The predicted molar refractivity (Wildman–Crippen MR) is 91.6 cm³/mol. The molecule has 0 fully saturated rings. The summed E-state index contributed by atoms with van der Waals surface area (Å²) >= 11 is 0. The number of nitrogens with zero attached hydrogens (tertiary/aromatic N) is 1. The predicted octanol–water partition coefficient (Wildman–Crippen LogP) is 4.72. The largest absolute Gasteiger partial charge is 0.460 e. The highest BCUT2D eigenvalue weighted by Gasteiger charge is 2.24. The fraction of sp³-hybridized carbons (Fsp3) is 0.150. The molecule has 2 heterocycles. The van der Waals surface area contributed by atoms with E-state index in [0.29, 0.717) is 0 Å². The quantitative estimate of drug-likeness (QED) is 0.686. The zero-order valence-electron chi connectivity index (χ0n) is 13.1. The summed E-state index contributed by atoms with van der Waals surface area (Å²) in [6.45, 7) is 2.08. The average Bonchev–Trinajstić information content (AvgIpc) is 2.60. The van der Waals surface area contributed by atoms with Crippen molar-refractivity contribution < 1.29 is 9.47 Å². The monoisotopic (exact) mass is 303 g/mol. The number of methoxy groups -OCH3 is 1. The molecular weight excluding hydrogens is 286 g/mol. The Kier molecular flexibility index (Phi) is 3.36. The van der Waals surface area contributed by atoms with Crippen LogP contribution in [0.2, 0.25) is 0 Å². The smallest absolute Gasteiger partial charge is 0.228 e. The number of fused-ring (bicyclic) bond motifs is 2. The number of aryl methyl sites for hydroxylation is 1. The molecule has 2 aromatic carbocycles. The van der Waals surface area contributed by atoms with Gasteiger partial charge in [0.25, 0.3) is 0 Å². The van der Waals surface area contributed by atoms with Crippen molar-refractivity contribution in [3.8, 4) is 0 Å². The van der Waals surface area contributed by atoms with Crippen LogP contribution < -0.4 is 0 Å². The molecule has 0 bridgehead atoms. The molecule has 0 amide bonds. The second kappa shape index (κ2) is 5.52. The van der Waals surface area contributed by atoms with Gasteiger partial charge in [0, 0.05) is 29.7 Å². The Labute approximate surface area is 135 Å². The Balaban J connectivity index is 1.90. The average molecular weight is 303 g/mol. The van der Waals surface area contributed by atoms with Gasteiger partial charge in [0.2, 0.25) is 6.29 Å². The minimum absolute atomic E-state index is 0.442. The Morgan fingerprint density at radius 2 is 1.87 bits per heavy atom. The van der Waals surface area contributed by atoms with Crippen molar-refractivity contribution in [3.63, 3.8) is 0 Å². The SMILES string of the molecule is COC1OC(c2ccccc2)=Cc2nc3ccc(C)cc3cc21. The number of pyridine rings is 1. The van der Waals surface area contributed by atoms with Gasteiger partial charge in [-0.3, -0.25) is 0 Å². The highest BCUT2D eigenvalue weighted by molar-refractivity contribution is 5.85. The van der Waals surface area contributed by atoms with Gasteiger partial charge >= 0.3 is 0 Å². The van der Waals surface area contributed by atoms with Gasteiger partial charge in [-0.2, -0.15) is 0 Å². The van der Waals surface area contributed by atoms with Crippen molar-refractivity contribution in [2.45, 2.75) is 13.2 Å². The maximum absolute atomic E-state index is 6.03. The van der Waals surface area contributed by atoms with Crippen molar-refractivity contribution in [2.75, 3.05) is 7.11 Å². The van der Waals surface area contributed by atoms with E-state index < -0.39 is 6.29 Å². The molecule has 1 aliphatic heterocycles. The van der Waals surface area contributed by atoms with E-state index in [1.807, 2.05) is 36.4 Å². The van der Waals surface area contributed by atoms with E-state index in [9.17, 15) is 0 Å². The molecule has 23 heavy (non-hydrogen) atoms. The molecule has 0 saturated heterocycles. The summed E-state index contributed by atoms with van der Waals surface area (Å²) in [6.07, 6.45) is 1.54. The molecule has 114 valence electrons. The third-order valence-electron chi connectivity index (χ3n) is 4.06. The van der Waals surface area contributed by atoms with E-state index in [-0.39, 0.29) is 0 Å². The van der Waals surface area contributed by atoms with Crippen molar-refractivity contribution in [3.05, 3.63) is 77.0 Å². The molecule has 3 heteroatoms. The lowest BCUT2D eigenvalue weighted by molar-refractivity contribution is -0.0767. The van der Waals surface area contributed by atoms with Crippen LogP contribution in [0.4, 0.5) is 0 Å². The highest BCUT2D eigenvalue weighted by atomic mass is 16.7. The van der Waals surface area contributed by atoms with Crippen LogP contribution in [0.5, 0.6) is 0 Å². The molecule has 4 rings (SSSR count). The van der Waals surface area contributed by atoms with Crippen LogP contribution in [0.15, 0.2) is 54.6 Å². The first kappa shape index (κ1) is 14.0. The Morgan fingerprint density at radius 3 is 2.65 bits per heavy atom. The number of benzene rings is 2. The summed E-state index contributed by atoms with van der Waals surface area (Å²) < 4.78 is 11.6. The van der Waals surface area contributed by atoms with Gasteiger partial charge in [-0.15, -0.1) is 0 Å². The fourth-order valence-electron chi connectivity index (χ4n) is 2.90. The van der Waals surface area contributed by atoms with Crippen molar-refractivity contribution in [1.29, 1.82) is 0 Å². The van der Waals surface area contributed by atoms with Gasteiger partial charge in [-0.05, 0) is 25.1 Å². The minimum Gasteiger partial charge on any atom is -0.460 e. The standard InChI is InChI=1S/C20H17NO2/c1-13-8-9-17-15(10-13)11-16-18(21-17)12-19(23-20(16)22-2)14-6-4-3-5-7-14/h3-12,20H,1-2H3. The molecule has 0 N–H and O–H groups in total. The van der Waals surface area contributed by atoms with Crippen LogP contribution in [0.25, 0.3) is 22.7 Å². The molecule has 1 unspecified atom stereocenters. The molecule has 0 radical (unpaired) electrons. The van der Waals surface area contributed by atoms with Crippen LogP contribution in [-0.4, -0.2) is 12.1 Å². The number of rotatable bonds is 2. The molecule has 1 atom stereocenters. The number of hydrogen-bond donors (Lipinski definition) is 0. The molecule has 0 spiro atoms. The Bertz CT molecular complexity index is 900. The summed E-state index contributed by atoms with van der Waals surface area (Å²) in [5, 5.41) is 1.10. The van der Waals surface area contributed by atoms with Crippen molar-refractivity contribution in [2.24, 2.45) is 0 Å². The lowest BCUT2D eigenvalue weighted by Crippen LogP contribution is -2.13. The molecule has 3 aromatic rings. The van der Waals surface area contributed by atoms with Gasteiger partial charge in [0.15, 0.2) is 0 Å². The normalized spacial score (nSPS) is 16.6. The first-order valence-corrected chi connectivity index (χ1v) is 7.62. The van der Waals surface area contributed by atoms with Gasteiger partial charge in [-0.1, -0.05) is 42.0 Å². The van der Waals surface area contributed by atoms with E-state index in [1.165, 1.54) is 5.56 Å². The van der Waals surface area contributed by atoms with E-state index in [4.69, 9.17) is 14.5 Å². The van der Waals surface area contributed by atoms with Gasteiger partial charge in [0.1, 0.15) is 5.76 Å². The van der Waals surface area contributed by atoms with Crippen molar-refractivity contribution in [1.82, 2.24) is 4.98 Å². The zero-order valence-corrected chi connectivity index (χ0v) is 13.1. The molecule has 0 saturated carbocycles. The number of hydrogen-bond acceptors (Lipinski definition) is 3. The third kappa shape index (κ3) is 2.49. The number of aromatic nitrogens is 1. The fourth-order valence-corrected chi connectivity index (χ4v) is 2.90. The van der Waals surface area contributed by atoms with E-state index in [1.54, 1.807) is 7.11 Å². The summed E-state index contributed by atoms with van der Waals surface area (Å²) in [5.74, 6) is 0.781. The maximum Gasteiger partial charge on any atom is 0.228 e. The van der Waals surface area contributed by atoms with E-state index >= 15 is 0 Å². The van der Waals surface area contributed by atoms with E-state index in [0.717, 1.165) is 33.5 Å². The van der Waals surface area contributed by atoms with Gasteiger partial charge in [0.05, 0.1) is 11.2 Å². The van der Waals surface area contributed by atoms with E-state index in [2.05, 4.69) is 31.2 Å². The molecule has 3 nitrogen and oxygen atoms in total. The van der Waals surface area contributed by atoms with Crippen LogP contribution in [0.3, 0.4) is 0 Å². The minimum atomic E-state index is -0.442. The van der Waals surface area contributed by atoms with Crippen molar-refractivity contribution >= 4 is 22.7 Å². The molecule has 0 aliphatic carbocycles. The zero-order chi connectivity index (χ0) is 15.8. The van der Waals surface area contributed by atoms with Crippen LogP contribution in [0, 0.1) is 6.92 Å².